The van der Waals surface area contributed by atoms with Gasteiger partial charge in [-0.05, 0) is 28.5 Å². The van der Waals surface area contributed by atoms with E-state index in [4.69, 9.17) is 14.1 Å². The van der Waals surface area contributed by atoms with Crippen LogP contribution < -0.4 is 14.8 Å². The Morgan fingerprint density at radius 3 is 2.46 bits per heavy atom. The van der Waals surface area contributed by atoms with E-state index < -0.39 is 0 Å². The van der Waals surface area contributed by atoms with Crippen molar-refractivity contribution in [1.82, 2.24) is 10.3 Å². The van der Waals surface area contributed by atoms with Gasteiger partial charge in [0.1, 0.15) is 0 Å². The summed E-state index contributed by atoms with van der Waals surface area (Å²) in [6, 6.07) is 14.2. The first-order chi connectivity index (χ1) is 11.7. The molecule has 1 N–H and O–H groups in total. The van der Waals surface area contributed by atoms with Gasteiger partial charge in [-0.15, -0.1) is 0 Å². The highest BCUT2D eigenvalue weighted by Gasteiger charge is 2.17. The third-order valence-corrected chi connectivity index (χ3v) is 3.41. The van der Waals surface area contributed by atoms with Crippen molar-refractivity contribution in [3.63, 3.8) is 0 Å². The molecule has 0 spiro atoms. The van der Waals surface area contributed by atoms with Gasteiger partial charge in [0.15, 0.2) is 17.2 Å². The number of rotatable bonds is 5. The molecule has 0 atom stereocenters. The molecular formula is C17H15N3O4. The van der Waals surface area contributed by atoms with Crippen LogP contribution in [-0.2, 0) is 0 Å². The first kappa shape index (κ1) is 15.5. The van der Waals surface area contributed by atoms with Gasteiger partial charge in [-0.3, -0.25) is 4.79 Å². The molecule has 1 amide bonds. The van der Waals surface area contributed by atoms with Crippen molar-refractivity contribution in [3.05, 3.63) is 54.1 Å². The molecule has 0 saturated heterocycles. The number of benzene rings is 2. The Labute approximate surface area is 138 Å². The zero-order chi connectivity index (χ0) is 16.9. The van der Waals surface area contributed by atoms with Crippen molar-refractivity contribution in [1.29, 1.82) is 0 Å². The van der Waals surface area contributed by atoms with Crippen LogP contribution in [-0.4, -0.2) is 30.4 Å². The van der Waals surface area contributed by atoms with Gasteiger partial charge in [0.05, 0.1) is 14.2 Å². The Morgan fingerprint density at radius 1 is 1.00 bits per heavy atom. The van der Waals surface area contributed by atoms with Gasteiger partial charge in [-0.1, -0.05) is 30.3 Å². The second-order valence-electron chi connectivity index (χ2n) is 4.85. The number of anilines is 1. The minimum atomic E-state index is -0.358. The van der Waals surface area contributed by atoms with Crippen LogP contribution in [0, 0.1) is 0 Å². The molecule has 2 aromatic carbocycles. The molecule has 3 rings (SSSR count). The number of ether oxygens (including phenoxy) is 2. The summed E-state index contributed by atoms with van der Waals surface area (Å²) in [5.41, 5.74) is 1.65. The van der Waals surface area contributed by atoms with Crippen LogP contribution in [0.3, 0.4) is 0 Å². The molecule has 0 unspecified atom stereocenters. The fourth-order valence-corrected chi connectivity index (χ4v) is 2.21. The minimum Gasteiger partial charge on any atom is -0.493 e. The highest BCUT2D eigenvalue weighted by atomic mass is 16.6. The molecule has 0 fully saturated rings. The van der Waals surface area contributed by atoms with Crippen LogP contribution in [0.15, 0.2) is 53.2 Å². The quantitative estimate of drug-likeness (QED) is 0.776. The summed E-state index contributed by atoms with van der Waals surface area (Å²) >= 11 is 0. The van der Waals surface area contributed by atoms with Crippen LogP contribution in [0.25, 0.3) is 11.3 Å². The maximum Gasteiger partial charge on any atom is 0.257 e. The average Bonchev–Trinajstić information content (AvgIpc) is 3.09. The van der Waals surface area contributed by atoms with E-state index in [9.17, 15) is 4.79 Å². The van der Waals surface area contributed by atoms with Gasteiger partial charge >= 0.3 is 0 Å². The largest absolute Gasteiger partial charge is 0.493 e. The van der Waals surface area contributed by atoms with E-state index in [2.05, 4.69) is 15.6 Å². The Balaban J connectivity index is 1.85. The molecule has 1 aromatic heterocycles. The van der Waals surface area contributed by atoms with E-state index >= 15 is 0 Å². The number of hydrogen-bond acceptors (Lipinski definition) is 6. The van der Waals surface area contributed by atoms with E-state index in [1.165, 1.54) is 14.2 Å². The van der Waals surface area contributed by atoms with Crippen molar-refractivity contribution < 1.29 is 18.9 Å². The minimum absolute atomic E-state index is 0.251. The summed E-state index contributed by atoms with van der Waals surface area (Å²) in [4.78, 5) is 12.4. The first-order valence-electron chi connectivity index (χ1n) is 7.14. The molecule has 1 heterocycles. The van der Waals surface area contributed by atoms with E-state index in [0.29, 0.717) is 22.8 Å². The van der Waals surface area contributed by atoms with Crippen molar-refractivity contribution in [2.75, 3.05) is 19.5 Å². The fraction of sp³-hybridized carbons (Fsp3) is 0.118. The molecule has 7 heteroatoms. The highest BCUT2D eigenvalue weighted by Crippen LogP contribution is 2.29. The summed E-state index contributed by atoms with van der Waals surface area (Å²) in [6.45, 7) is 0. The van der Waals surface area contributed by atoms with Crippen molar-refractivity contribution in [3.8, 4) is 22.8 Å². The van der Waals surface area contributed by atoms with Crippen molar-refractivity contribution >= 4 is 11.7 Å². The van der Waals surface area contributed by atoms with Gasteiger partial charge in [-0.2, -0.15) is 0 Å². The van der Waals surface area contributed by atoms with Gasteiger partial charge < -0.3 is 14.8 Å². The lowest BCUT2D eigenvalue weighted by molar-refractivity contribution is 0.102. The van der Waals surface area contributed by atoms with E-state index in [-0.39, 0.29) is 11.7 Å². The third-order valence-electron chi connectivity index (χ3n) is 3.41. The maximum absolute atomic E-state index is 12.4. The predicted molar refractivity (Wildman–Crippen MR) is 87.2 cm³/mol. The number of carbonyl (C=O) groups excluding carboxylic acids is 1. The summed E-state index contributed by atoms with van der Waals surface area (Å²) in [6.07, 6.45) is 0. The Kier molecular flexibility index (Phi) is 4.42. The smallest absolute Gasteiger partial charge is 0.257 e. The zero-order valence-corrected chi connectivity index (χ0v) is 13.1. The topological polar surface area (TPSA) is 86.5 Å². The van der Waals surface area contributed by atoms with Gasteiger partial charge in [0, 0.05) is 11.1 Å². The molecule has 0 aliphatic heterocycles. The molecule has 7 nitrogen and oxygen atoms in total. The average molecular weight is 325 g/mol. The van der Waals surface area contributed by atoms with E-state index in [1.807, 2.05) is 30.3 Å². The Hall–Kier alpha value is -3.35. The molecule has 3 aromatic rings. The molecule has 0 aliphatic carbocycles. The summed E-state index contributed by atoms with van der Waals surface area (Å²) in [5, 5.41) is 10.3. The lowest BCUT2D eigenvalue weighted by atomic mass is 10.1. The number of nitrogens with zero attached hydrogens (tertiary/aromatic N) is 2. The van der Waals surface area contributed by atoms with Crippen LogP contribution in [0.4, 0.5) is 5.82 Å². The molecular weight excluding hydrogens is 310 g/mol. The van der Waals surface area contributed by atoms with Crippen LogP contribution in [0.5, 0.6) is 11.5 Å². The summed E-state index contributed by atoms with van der Waals surface area (Å²) in [7, 11) is 3.04. The van der Waals surface area contributed by atoms with Crippen LogP contribution in [0.2, 0.25) is 0 Å². The molecule has 122 valence electrons. The number of amides is 1. The SMILES string of the molecule is COc1ccc(C(=O)Nc2nonc2-c2ccccc2)cc1OC. The lowest BCUT2D eigenvalue weighted by Crippen LogP contribution is -2.13. The van der Waals surface area contributed by atoms with E-state index in [1.54, 1.807) is 18.2 Å². The van der Waals surface area contributed by atoms with Crippen LogP contribution >= 0.6 is 0 Å². The number of aromatic nitrogens is 2. The van der Waals surface area contributed by atoms with Crippen molar-refractivity contribution in [2.24, 2.45) is 0 Å². The first-order valence-corrected chi connectivity index (χ1v) is 7.14. The predicted octanol–water partition coefficient (Wildman–Crippen LogP) is 3.01. The van der Waals surface area contributed by atoms with Gasteiger partial charge in [-0.25, -0.2) is 4.63 Å². The monoisotopic (exact) mass is 325 g/mol. The molecule has 24 heavy (non-hydrogen) atoms. The van der Waals surface area contributed by atoms with Gasteiger partial charge in [0.25, 0.3) is 5.91 Å². The summed E-state index contributed by atoms with van der Waals surface area (Å²) in [5.74, 6) is 0.902. The number of carbonyl (C=O) groups is 1. The van der Waals surface area contributed by atoms with E-state index in [0.717, 1.165) is 5.56 Å². The second kappa shape index (κ2) is 6.82. The maximum atomic E-state index is 12.4. The molecule has 0 bridgehead atoms. The molecule has 0 saturated carbocycles. The standard InChI is InChI=1S/C17H15N3O4/c1-22-13-9-8-12(10-14(13)23-2)17(21)18-16-15(19-24-20-16)11-6-4-3-5-7-11/h3-10H,1-2H3,(H,18,20,21). The normalized spacial score (nSPS) is 10.2. The Morgan fingerprint density at radius 2 is 1.75 bits per heavy atom. The molecule has 0 radical (unpaired) electrons. The van der Waals surface area contributed by atoms with Crippen LogP contribution in [0.1, 0.15) is 10.4 Å². The third kappa shape index (κ3) is 3.05. The number of methoxy groups -OCH3 is 2. The van der Waals surface area contributed by atoms with Crippen molar-refractivity contribution in [2.45, 2.75) is 0 Å². The molecule has 0 aliphatic rings. The van der Waals surface area contributed by atoms with Gasteiger partial charge in [0.2, 0.25) is 5.82 Å². The summed E-state index contributed by atoms with van der Waals surface area (Å²) < 4.78 is 15.1. The lowest BCUT2D eigenvalue weighted by Gasteiger charge is -2.09. The highest BCUT2D eigenvalue weighted by molar-refractivity contribution is 6.05. The zero-order valence-electron chi connectivity index (χ0n) is 13.1. The second-order valence-corrected chi connectivity index (χ2v) is 4.85. The fourth-order valence-electron chi connectivity index (χ4n) is 2.21. The number of hydrogen-bond donors (Lipinski definition) is 1. The Bertz CT molecular complexity index is 846. The number of nitrogens with one attached hydrogen (secondary N) is 1.